The van der Waals surface area contributed by atoms with Crippen molar-refractivity contribution in [1.29, 1.82) is 0 Å². The first kappa shape index (κ1) is 13.9. The topological polar surface area (TPSA) is 49.3 Å². The molecule has 1 aliphatic carbocycles. The Balaban J connectivity index is 1.99. The maximum Gasteiger partial charge on any atom is 0.223 e. The van der Waals surface area contributed by atoms with E-state index in [1.807, 2.05) is 0 Å². The molecule has 2 N–H and O–H groups in total. The number of aliphatic hydroxyl groups is 1. The van der Waals surface area contributed by atoms with Gasteiger partial charge in [-0.05, 0) is 37.5 Å². The van der Waals surface area contributed by atoms with Crippen LogP contribution in [0.1, 0.15) is 37.9 Å². The van der Waals surface area contributed by atoms with Gasteiger partial charge in [0.05, 0.1) is 12.1 Å². The highest BCUT2D eigenvalue weighted by Crippen LogP contribution is 2.27. The molecule has 1 saturated carbocycles. The highest BCUT2D eigenvalue weighted by molar-refractivity contribution is 5.79. The zero-order valence-electron chi connectivity index (χ0n) is 10.7. The predicted octanol–water partition coefficient (Wildman–Crippen LogP) is 2.30. The summed E-state index contributed by atoms with van der Waals surface area (Å²) in [5, 5.41) is 12.7. The number of benzene rings is 1. The fourth-order valence-electron chi connectivity index (χ4n) is 2.08. The van der Waals surface area contributed by atoms with Gasteiger partial charge < -0.3 is 10.4 Å². The molecule has 19 heavy (non-hydrogen) atoms. The number of hydrogen-bond donors (Lipinski definition) is 2. The minimum Gasteiger partial charge on any atom is -0.386 e. The van der Waals surface area contributed by atoms with E-state index in [9.17, 15) is 18.7 Å². The van der Waals surface area contributed by atoms with Gasteiger partial charge >= 0.3 is 0 Å². The van der Waals surface area contributed by atoms with Crippen LogP contribution in [0.3, 0.4) is 0 Å². The number of aliphatic hydroxyl groups excluding tert-OH is 1. The Morgan fingerprint density at radius 2 is 2.05 bits per heavy atom. The summed E-state index contributed by atoms with van der Waals surface area (Å²) in [6, 6.07) is 2.69. The lowest BCUT2D eigenvalue weighted by Crippen LogP contribution is -2.42. The van der Waals surface area contributed by atoms with Crippen molar-refractivity contribution in [1.82, 2.24) is 5.32 Å². The van der Waals surface area contributed by atoms with Crippen molar-refractivity contribution in [3.63, 3.8) is 0 Å². The van der Waals surface area contributed by atoms with E-state index in [2.05, 4.69) is 5.32 Å². The van der Waals surface area contributed by atoms with Crippen LogP contribution in [0, 0.1) is 17.6 Å². The van der Waals surface area contributed by atoms with Gasteiger partial charge in [-0.15, -0.1) is 0 Å². The van der Waals surface area contributed by atoms with Crippen LogP contribution >= 0.6 is 0 Å². The van der Waals surface area contributed by atoms with Crippen LogP contribution in [-0.4, -0.2) is 17.1 Å². The van der Waals surface area contributed by atoms with Crippen molar-refractivity contribution in [3.05, 3.63) is 35.4 Å². The Hall–Kier alpha value is -1.49. The van der Waals surface area contributed by atoms with Gasteiger partial charge in [-0.25, -0.2) is 8.78 Å². The summed E-state index contributed by atoms with van der Waals surface area (Å²) in [5.74, 6) is -2.02. The molecule has 1 aromatic carbocycles. The lowest BCUT2D eigenvalue weighted by Gasteiger charge is -2.28. The van der Waals surface area contributed by atoms with Crippen molar-refractivity contribution >= 4 is 5.91 Å². The molecule has 1 aliphatic rings. The summed E-state index contributed by atoms with van der Waals surface area (Å²) < 4.78 is 25.9. The third-order valence-corrected chi connectivity index (χ3v) is 3.60. The molecule has 0 heterocycles. The number of amides is 1. The van der Waals surface area contributed by atoms with Gasteiger partial charge in [0.15, 0.2) is 11.6 Å². The molecule has 0 saturated heterocycles. The Morgan fingerprint density at radius 3 is 2.58 bits per heavy atom. The second kappa shape index (κ2) is 5.65. The van der Waals surface area contributed by atoms with Crippen LogP contribution in [0.5, 0.6) is 0 Å². The fourth-order valence-corrected chi connectivity index (χ4v) is 2.08. The monoisotopic (exact) mass is 269 g/mol. The summed E-state index contributed by atoms with van der Waals surface area (Å²) in [7, 11) is 0. The standard InChI is InChI=1S/C14H17F2NO2/c1-8(17-14(19)9-3-2-4-9)13(18)10-5-6-11(15)12(16)7-10/h5-9,13,18H,2-4H2,1H3,(H,17,19). The number of carbonyl (C=O) groups excluding carboxylic acids is 1. The summed E-state index contributed by atoms with van der Waals surface area (Å²) in [6.45, 7) is 1.64. The molecule has 0 aliphatic heterocycles. The maximum atomic E-state index is 13.1. The second-order valence-corrected chi connectivity index (χ2v) is 5.04. The molecule has 1 aromatic rings. The Kier molecular flexibility index (Phi) is 4.14. The maximum absolute atomic E-state index is 13.1. The molecule has 5 heteroatoms. The van der Waals surface area contributed by atoms with E-state index in [1.54, 1.807) is 6.92 Å². The van der Waals surface area contributed by atoms with Crippen LogP contribution < -0.4 is 5.32 Å². The molecular formula is C14H17F2NO2. The molecule has 3 nitrogen and oxygen atoms in total. The normalized spacial score (nSPS) is 18.5. The van der Waals surface area contributed by atoms with E-state index in [0.29, 0.717) is 0 Å². The third-order valence-electron chi connectivity index (χ3n) is 3.60. The highest BCUT2D eigenvalue weighted by Gasteiger charge is 2.28. The van der Waals surface area contributed by atoms with E-state index in [4.69, 9.17) is 0 Å². The molecule has 1 amide bonds. The number of hydrogen-bond acceptors (Lipinski definition) is 2. The zero-order chi connectivity index (χ0) is 14.0. The minimum atomic E-state index is -1.06. The average molecular weight is 269 g/mol. The predicted molar refractivity (Wildman–Crippen MR) is 66.3 cm³/mol. The largest absolute Gasteiger partial charge is 0.386 e. The number of carbonyl (C=O) groups is 1. The first-order chi connectivity index (χ1) is 8.99. The van der Waals surface area contributed by atoms with Gasteiger partial charge in [0.2, 0.25) is 5.91 Å². The third kappa shape index (κ3) is 3.10. The summed E-state index contributed by atoms with van der Waals surface area (Å²) in [4.78, 5) is 11.7. The quantitative estimate of drug-likeness (QED) is 0.881. The Morgan fingerprint density at radius 1 is 1.37 bits per heavy atom. The Bertz CT molecular complexity index is 475. The first-order valence-corrected chi connectivity index (χ1v) is 6.42. The highest BCUT2D eigenvalue weighted by atomic mass is 19.2. The van der Waals surface area contributed by atoms with Crippen molar-refractivity contribution in [2.45, 2.75) is 38.3 Å². The first-order valence-electron chi connectivity index (χ1n) is 6.42. The van der Waals surface area contributed by atoms with Crippen LogP contribution in [0.25, 0.3) is 0 Å². The van der Waals surface area contributed by atoms with Crippen molar-refractivity contribution in [3.8, 4) is 0 Å². The van der Waals surface area contributed by atoms with Crippen LogP contribution in [0.4, 0.5) is 8.78 Å². The van der Waals surface area contributed by atoms with Gasteiger partial charge in [-0.2, -0.15) is 0 Å². The van der Waals surface area contributed by atoms with Crippen LogP contribution in [0.2, 0.25) is 0 Å². The Labute approximate surface area is 110 Å². The molecule has 2 rings (SSSR count). The lowest BCUT2D eigenvalue weighted by molar-refractivity contribution is -0.128. The summed E-state index contributed by atoms with van der Waals surface area (Å²) in [5.41, 5.74) is 0.250. The van der Waals surface area contributed by atoms with Crippen molar-refractivity contribution < 1.29 is 18.7 Å². The molecule has 2 atom stereocenters. The molecule has 0 bridgehead atoms. The average Bonchev–Trinajstić information content (AvgIpc) is 2.29. The van der Waals surface area contributed by atoms with Gasteiger partial charge in [0, 0.05) is 5.92 Å². The van der Waals surface area contributed by atoms with Gasteiger partial charge in [0.1, 0.15) is 0 Å². The fraction of sp³-hybridized carbons (Fsp3) is 0.500. The lowest BCUT2D eigenvalue weighted by atomic mass is 9.84. The number of rotatable bonds is 4. The van der Waals surface area contributed by atoms with Gasteiger partial charge in [-0.1, -0.05) is 12.5 Å². The minimum absolute atomic E-state index is 0.0274. The number of nitrogens with one attached hydrogen (secondary N) is 1. The smallest absolute Gasteiger partial charge is 0.223 e. The molecule has 2 unspecified atom stereocenters. The second-order valence-electron chi connectivity index (χ2n) is 5.04. The molecule has 0 aromatic heterocycles. The van der Waals surface area contributed by atoms with Crippen LogP contribution in [0.15, 0.2) is 18.2 Å². The van der Waals surface area contributed by atoms with E-state index in [0.717, 1.165) is 31.4 Å². The molecule has 0 spiro atoms. The summed E-state index contributed by atoms with van der Waals surface area (Å²) in [6.07, 6.45) is 1.75. The van der Waals surface area contributed by atoms with Gasteiger partial charge in [-0.3, -0.25) is 4.79 Å². The molecular weight excluding hydrogens is 252 g/mol. The zero-order valence-corrected chi connectivity index (χ0v) is 10.7. The summed E-state index contributed by atoms with van der Waals surface area (Å²) >= 11 is 0. The number of halogens is 2. The van der Waals surface area contributed by atoms with Crippen molar-refractivity contribution in [2.24, 2.45) is 5.92 Å². The van der Waals surface area contributed by atoms with Crippen molar-refractivity contribution in [2.75, 3.05) is 0 Å². The van der Waals surface area contributed by atoms with E-state index >= 15 is 0 Å². The van der Waals surface area contributed by atoms with Gasteiger partial charge in [0.25, 0.3) is 0 Å². The molecule has 1 fully saturated rings. The van der Waals surface area contributed by atoms with E-state index < -0.39 is 23.8 Å². The van der Waals surface area contributed by atoms with E-state index in [1.165, 1.54) is 6.07 Å². The SMILES string of the molecule is CC(NC(=O)C1CCC1)C(O)c1ccc(F)c(F)c1. The molecule has 104 valence electrons. The molecule has 0 radical (unpaired) electrons. The van der Waals surface area contributed by atoms with Crippen LogP contribution in [-0.2, 0) is 4.79 Å². The van der Waals surface area contributed by atoms with E-state index in [-0.39, 0.29) is 17.4 Å².